The zero-order valence-corrected chi connectivity index (χ0v) is 14.8. The molecule has 23 heavy (non-hydrogen) atoms. The average Bonchev–Trinajstić information content (AvgIpc) is 2.54. The Morgan fingerprint density at radius 1 is 0.826 bits per heavy atom. The van der Waals surface area contributed by atoms with E-state index in [4.69, 9.17) is 5.53 Å². The van der Waals surface area contributed by atoms with Crippen molar-refractivity contribution < 1.29 is 4.79 Å². The Labute approximate surface area is 141 Å². The van der Waals surface area contributed by atoms with Gasteiger partial charge in [0.05, 0.1) is 0 Å². The summed E-state index contributed by atoms with van der Waals surface area (Å²) in [4.78, 5) is 13.4. The molecule has 0 aliphatic carbocycles. The molecule has 0 unspecified atom stereocenters. The number of amides is 1. The molecule has 0 rings (SSSR count). The fourth-order valence-corrected chi connectivity index (χ4v) is 2.35. The average molecular weight is 319 g/mol. The van der Waals surface area contributed by atoms with Gasteiger partial charge in [0, 0.05) is 11.3 Å². The van der Waals surface area contributed by atoms with E-state index in [1.54, 1.807) is 0 Å². The molecular weight excluding hydrogens is 286 g/mol. The maximum Gasteiger partial charge on any atom is 0.218 e. The smallest absolute Gasteiger partial charge is 0.218 e. The fourth-order valence-electron chi connectivity index (χ4n) is 2.35. The molecule has 130 valence electrons. The number of azide groups is 1. The Morgan fingerprint density at radius 2 is 1.35 bits per heavy atom. The summed E-state index contributed by atoms with van der Waals surface area (Å²) >= 11 is 0. The quantitative estimate of drug-likeness (QED) is 0.105. The van der Waals surface area contributed by atoms with Crippen LogP contribution >= 0.6 is 0 Å². The minimum Gasteiger partial charge on any atom is -0.293 e. The third-order valence-electron chi connectivity index (χ3n) is 3.73. The van der Waals surface area contributed by atoms with Gasteiger partial charge in [-0.15, -0.1) is 0 Å². The summed E-state index contributed by atoms with van der Waals surface area (Å²) in [6, 6.07) is 0. The molecule has 1 amide bonds. The van der Waals surface area contributed by atoms with Crippen LogP contribution in [-0.2, 0) is 4.79 Å². The lowest BCUT2D eigenvalue weighted by Gasteiger charge is -1.98. The number of unbranched alkanes of at least 4 members (excludes halogenated alkanes) is 9. The highest BCUT2D eigenvalue weighted by Crippen LogP contribution is 2.09. The van der Waals surface area contributed by atoms with Crippen LogP contribution in [-0.4, -0.2) is 5.91 Å². The second-order valence-electron chi connectivity index (χ2n) is 5.91. The highest BCUT2D eigenvalue weighted by molar-refractivity contribution is 5.76. The van der Waals surface area contributed by atoms with Crippen LogP contribution in [0.4, 0.5) is 0 Å². The molecule has 0 fully saturated rings. The zero-order chi connectivity index (χ0) is 17.0. The lowest BCUT2D eigenvalue weighted by Crippen LogP contribution is -1.89. The van der Waals surface area contributed by atoms with Gasteiger partial charge < -0.3 is 0 Å². The Morgan fingerprint density at radius 3 is 1.96 bits per heavy atom. The maximum absolute atomic E-state index is 10.9. The van der Waals surface area contributed by atoms with Crippen LogP contribution in [0.5, 0.6) is 0 Å². The van der Waals surface area contributed by atoms with Crippen LogP contribution in [0.15, 0.2) is 29.4 Å². The van der Waals surface area contributed by atoms with E-state index >= 15 is 0 Å². The van der Waals surface area contributed by atoms with Crippen LogP contribution < -0.4 is 0 Å². The van der Waals surface area contributed by atoms with Gasteiger partial charge in [-0.3, -0.25) is 4.79 Å². The van der Waals surface area contributed by atoms with Crippen molar-refractivity contribution in [2.45, 2.75) is 90.4 Å². The number of rotatable bonds is 15. The number of carbonyl (C=O) groups excluding carboxylic acids is 1. The number of allylic oxidation sites excluding steroid dienone is 4. The third-order valence-corrected chi connectivity index (χ3v) is 3.73. The monoisotopic (exact) mass is 319 g/mol. The van der Waals surface area contributed by atoms with Crippen LogP contribution in [0.3, 0.4) is 0 Å². The molecule has 0 aromatic rings. The molecule has 0 aromatic carbocycles. The van der Waals surface area contributed by atoms with Gasteiger partial charge in [0.15, 0.2) is 0 Å². The molecule has 0 saturated heterocycles. The molecule has 0 spiro atoms. The summed E-state index contributed by atoms with van der Waals surface area (Å²) in [5.41, 5.74) is 8.09. The molecule has 0 aliphatic heterocycles. The second-order valence-corrected chi connectivity index (χ2v) is 5.91. The first-order valence-corrected chi connectivity index (χ1v) is 9.19. The maximum atomic E-state index is 10.9. The largest absolute Gasteiger partial charge is 0.293 e. The van der Waals surface area contributed by atoms with Crippen LogP contribution in [0, 0.1) is 0 Å². The van der Waals surface area contributed by atoms with E-state index in [2.05, 4.69) is 41.3 Å². The predicted octanol–water partition coefficient (Wildman–Crippen LogP) is 7.03. The van der Waals surface area contributed by atoms with Gasteiger partial charge in [-0.2, -0.15) is 0 Å². The molecule has 0 heterocycles. The highest BCUT2D eigenvalue weighted by atomic mass is 16.1. The third kappa shape index (κ3) is 18.4. The molecule has 0 N–H and O–H groups in total. The number of nitrogens with zero attached hydrogens (tertiary/aromatic N) is 3. The van der Waals surface area contributed by atoms with Gasteiger partial charge in [-0.05, 0) is 49.2 Å². The normalized spacial score (nSPS) is 11.2. The van der Waals surface area contributed by atoms with E-state index in [-0.39, 0.29) is 5.91 Å². The summed E-state index contributed by atoms with van der Waals surface area (Å²) in [7, 11) is 0. The van der Waals surface area contributed by atoms with E-state index in [0.29, 0.717) is 6.42 Å². The molecule has 4 heteroatoms. The summed E-state index contributed by atoms with van der Waals surface area (Å²) in [5, 5.41) is 3.04. The van der Waals surface area contributed by atoms with Gasteiger partial charge in [0.1, 0.15) is 0 Å². The Kier molecular flexibility index (Phi) is 17.3. The molecule has 0 aliphatic rings. The highest BCUT2D eigenvalue weighted by Gasteiger charge is 1.95. The number of hydrogen-bond acceptors (Lipinski definition) is 1. The van der Waals surface area contributed by atoms with Crippen molar-refractivity contribution in [1.29, 1.82) is 0 Å². The minimum atomic E-state index is -0.366. The van der Waals surface area contributed by atoms with Crippen LogP contribution in [0.1, 0.15) is 90.4 Å². The Hall–Kier alpha value is -1.54. The van der Waals surface area contributed by atoms with Gasteiger partial charge in [0.2, 0.25) is 5.91 Å². The summed E-state index contributed by atoms with van der Waals surface area (Å²) in [5.74, 6) is -0.366. The molecule has 0 atom stereocenters. The number of hydrogen-bond donors (Lipinski definition) is 0. The molecule has 4 nitrogen and oxygen atoms in total. The molecular formula is C19H33N3O. The topological polar surface area (TPSA) is 65.8 Å². The van der Waals surface area contributed by atoms with Crippen molar-refractivity contribution in [3.05, 3.63) is 34.7 Å². The zero-order valence-electron chi connectivity index (χ0n) is 14.8. The summed E-state index contributed by atoms with van der Waals surface area (Å²) in [6.45, 7) is 2.26. The van der Waals surface area contributed by atoms with Gasteiger partial charge in [-0.1, -0.05) is 69.8 Å². The lowest BCUT2D eigenvalue weighted by atomic mass is 10.1. The molecule has 0 radical (unpaired) electrons. The van der Waals surface area contributed by atoms with E-state index in [9.17, 15) is 4.79 Å². The van der Waals surface area contributed by atoms with Crippen molar-refractivity contribution >= 4 is 5.91 Å². The first-order chi connectivity index (χ1) is 11.3. The van der Waals surface area contributed by atoms with Crippen molar-refractivity contribution in [1.82, 2.24) is 0 Å². The van der Waals surface area contributed by atoms with Crippen LogP contribution in [0.2, 0.25) is 0 Å². The standard InChI is InChI=1S/C19H33N3O/c1-2-3-4-5-6-7-8-9-10-11-12-13-14-15-16-17-18-19(23)21-22-20/h10-11,14-15H,2-9,12-13,16-18H2,1H3/b11-10-,15-14-. The second kappa shape index (κ2) is 18.5. The lowest BCUT2D eigenvalue weighted by molar-refractivity contribution is -0.118. The summed E-state index contributed by atoms with van der Waals surface area (Å²) < 4.78 is 0. The van der Waals surface area contributed by atoms with Gasteiger partial charge in [0.25, 0.3) is 0 Å². The summed E-state index contributed by atoms with van der Waals surface area (Å²) in [6.07, 6.45) is 23.7. The van der Waals surface area contributed by atoms with Gasteiger partial charge in [-0.25, -0.2) is 0 Å². The molecule has 0 saturated carbocycles. The van der Waals surface area contributed by atoms with Crippen molar-refractivity contribution in [3.8, 4) is 0 Å². The van der Waals surface area contributed by atoms with E-state index in [1.807, 2.05) is 0 Å². The molecule has 0 aromatic heterocycles. The van der Waals surface area contributed by atoms with Crippen molar-refractivity contribution in [2.75, 3.05) is 0 Å². The van der Waals surface area contributed by atoms with Crippen molar-refractivity contribution in [2.24, 2.45) is 5.11 Å². The molecule has 0 bridgehead atoms. The van der Waals surface area contributed by atoms with Gasteiger partial charge >= 0.3 is 0 Å². The van der Waals surface area contributed by atoms with Crippen molar-refractivity contribution in [3.63, 3.8) is 0 Å². The van der Waals surface area contributed by atoms with E-state index in [1.165, 1.54) is 51.4 Å². The Bertz CT molecular complexity index is 382. The van der Waals surface area contributed by atoms with E-state index < -0.39 is 0 Å². The fraction of sp³-hybridized carbons (Fsp3) is 0.737. The SMILES string of the molecule is CCCCCCCCC/C=C\CC/C=C\CCCC(=O)N=[N+]=[N-]. The van der Waals surface area contributed by atoms with Crippen LogP contribution in [0.25, 0.3) is 10.4 Å². The number of carbonyl (C=O) groups is 1. The predicted molar refractivity (Wildman–Crippen MR) is 98.1 cm³/mol. The van der Waals surface area contributed by atoms with E-state index in [0.717, 1.165) is 25.7 Å². The first kappa shape index (κ1) is 21.5. The first-order valence-electron chi connectivity index (χ1n) is 9.19. The minimum absolute atomic E-state index is 0.340. The Balaban J connectivity index is 3.28.